The summed E-state index contributed by atoms with van der Waals surface area (Å²) in [4.78, 5) is 15.9. The third-order valence-corrected chi connectivity index (χ3v) is 8.17. The summed E-state index contributed by atoms with van der Waals surface area (Å²) in [6.45, 7) is 4.40. The molecule has 0 saturated carbocycles. The first-order chi connectivity index (χ1) is 14.0. The Morgan fingerprint density at radius 1 is 1.17 bits per heavy atom. The first-order valence-electron chi connectivity index (χ1n) is 8.92. The number of carbonyl (C=O) groups excluding carboxylic acids is 1. The summed E-state index contributed by atoms with van der Waals surface area (Å²) in [5.41, 5.74) is 3.03. The number of nitriles is 1. The molecule has 0 aliphatic carbocycles. The van der Waals surface area contributed by atoms with Crippen LogP contribution < -0.4 is 4.90 Å². The molecule has 0 saturated heterocycles. The Hall–Kier alpha value is -1.86. The number of thiophene rings is 1. The summed E-state index contributed by atoms with van der Waals surface area (Å²) in [5, 5.41) is 19.5. The molecule has 0 aliphatic heterocycles. The van der Waals surface area contributed by atoms with Crippen LogP contribution in [0.1, 0.15) is 22.4 Å². The predicted molar refractivity (Wildman–Crippen MR) is 123 cm³/mol. The largest absolute Gasteiger partial charge is 0.311 e. The second-order valence-corrected chi connectivity index (χ2v) is 10.7. The lowest BCUT2D eigenvalue weighted by Crippen LogP contribution is -2.33. The number of anilines is 1. The quantitative estimate of drug-likeness (QED) is 0.390. The van der Waals surface area contributed by atoms with Crippen molar-refractivity contribution in [3.63, 3.8) is 0 Å². The lowest BCUT2D eigenvalue weighted by Gasteiger charge is -2.22. The Kier molecular flexibility index (Phi) is 8.12. The highest BCUT2D eigenvalue weighted by atomic mass is 32.2. The van der Waals surface area contributed by atoms with E-state index in [1.807, 2.05) is 32.0 Å². The Morgan fingerprint density at radius 3 is 2.55 bits per heavy atom. The van der Waals surface area contributed by atoms with Crippen molar-refractivity contribution in [2.75, 3.05) is 17.2 Å². The maximum Gasteiger partial charge on any atom is 0.237 e. The predicted octanol–water partition coefficient (Wildman–Crippen LogP) is 5.55. The monoisotopic (exact) mass is 460 g/mol. The molecule has 0 fully saturated rings. The molecule has 0 unspecified atom stereocenters. The summed E-state index contributed by atoms with van der Waals surface area (Å²) in [6, 6.07) is 12.3. The van der Waals surface area contributed by atoms with Gasteiger partial charge in [-0.2, -0.15) is 5.26 Å². The molecule has 3 rings (SSSR count). The molecule has 5 nitrogen and oxygen atoms in total. The number of carbonyl (C=O) groups is 1. The van der Waals surface area contributed by atoms with Crippen molar-refractivity contribution >= 4 is 57.8 Å². The molecular weight excluding hydrogens is 441 g/mol. The normalized spacial score (nSPS) is 10.7. The molecule has 0 bridgehead atoms. The zero-order valence-corrected chi connectivity index (χ0v) is 19.4. The van der Waals surface area contributed by atoms with Gasteiger partial charge in [-0.25, -0.2) is 0 Å². The summed E-state index contributed by atoms with van der Waals surface area (Å²) in [5.74, 6) is 1.12. The standard InChI is InChI=1S/C20H20N4OS4/c1-14-9-15(2)11-16(10-14)24(7-4-6-21)18(25)13-28-20-23-22-19(29-20)27-12-17-5-3-8-26-17/h3,5,8-11H,4,7,12-13H2,1-2H3. The minimum absolute atomic E-state index is 0.0294. The molecule has 9 heteroatoms. The molecule has 3 aromatic rings. The van der Waals surface area contributed by atoms with Gasteiger partial charge in [0.25, 0.3) is 0 Å². The maximum atomic E-state index is 12.9. The molecule has 0 spiro atoms. The fourth-order valence-corrected chi connectivity index (χ4v) is 6.38. The lowest BCUT2D eigenvalue weighted by molar-refractivity contribution is -0.116. The molecular formula is C20H20N4OS4. The van der Waals surface area contributed by atoms with Crippen molar-refractivity contribution in [2.45, 2.75) is 34.7 Å². The van der Waals surface area contributed by atoms with Crippen LogP contribution in [0.5, 0.6) is 0 Å². The van der Waals surface area contributed by atoms with Gasteiger partial charge in [0.1, 0.15) is 0 Å². The highest BCUT2D eigenvalue weighted by Crippen LogP contribution is 2.32. The second kappa shape index (κ2) is 10.8. The SMILES string of the molecule is Cc1cc(C)cc(N(CCC#N)C(=O)CSc2nnc(SCc3cccs3)s2)c1. The molecule has 1 aromatic carbocycles. The van der Waals surface area contributed by atoms with Crippen molar-refractivity contribution < 1.29 is 4.79 Å². The molecule has 0 atom stereocenters. The molecule has 0 aliphatic rings. The van der Waals surface area contributed by atoms with Gasteiger partial charge in [-0.1, -0.05) is 47.0 Å². The van der Waals surface area contributed by atoms with Crippen LogP contribution in [0.3, 0.4) is 0 Å². The van der Waals surface area contributed by atoms with Gasteiger partial charge in [0, 0.05) is 22.9 Å². The summed E-state index contributed by atoms with van der Waals surface area (Å²) < 4.78 is 1.69. The number of thioether (sulfide) groups is 2. The molecule has 150 valence electrons. The van der Waals surface area contributed by atoms with Crippen LogP contribution >= 0.6 is 46.2 Å². The van der Waals surface area contributed by atoms with Crippen LogP contribution in [0.15, 0.2) is 44.4 Å². The minimum atomic E-state index is -0.0294. The number of benzene rings is 1. The molecule has 2 heterocycles. The molecule has 1 amide bonds. The Labute approximate surface area is 187 Å². The molecule has 0 N–H and O–H groups in total. The number of rotatable bonds is 9. The van der Waals surface area contributed by atoms with Crippen molar-refractivity contribution in [3.8, 4) is 6.07 Å². The number of hydrogen-bond donors (Lipinski definition) is 0. The van der Waals surface area contributed by atoms with Crippen molar-refractivity contribution in [2.24, 2.45) is 0 Å². The number of hydrogen-bond acceptors (Lipinski definition) is 8. The summed E-state index contributed by atoms with van der Waals surface area (Å²) in [6.07, 6.45) is 0.297. The van der Waals surface area contributed by atoms with E-state index in [4.69, 9.17) is 5.26 Å². The Morgan fingerprint density at radius 2 is 1.90 bits per heavy atom. The van der Waals surface area contributed by atoms with E-state index in [-0.39, 0.29) is 11.7 Å². The first-order valence-corrected chi connectivity index (χ1v) is 12.6. The maximum absolute atomic E-state index is 12.9. The van der Waals surface area contributed by atoms with Gasteiger partial charge >= 0.3 is 0 Å². The number of aromatic nitrogens is 2. The molecule has 29 heavy (non-hydrogen) atoms. The van der Waals surface area contributed by atoms with E-state index < -0.39 is 0 Å². The highest BCUT2D eigenvalue weighted by molar-refractivity contribution is 8.03. The minimum Gasteiger partial charge on any atom is -0.311 e. The van der Waals surface area contributed by atoms with Crippen LogP contribution in [-0.4, -0.2) is 28.4 Å². The van der Waals surface area contributed by atoms with Crippen LogP contribution in [0, 0.1) is 25.2 Å². The number of nitrogens with zero attached hydrogens (tertiary/aromatic N) is 4. The van der Waals surface area contributed by atoms with Crippen LogP contribution in [0.4, 0.5) is 5.69 Å². The van der Waals surface area contributed by atoms with Crippen molar-refractivity contribution in [1.29, 1.82) is 5.26 Å². The van der Waals surface area contributed by atoms with Crippen molar-refractivity contribution in [1.82, 2.24) is 10.2 Å². The van der Waals surface area contributed by atoms with Gasteiger partial charge in [-0.05, 0) is 48.6 Å². The third kappa shape index (κ3) is 6.57. The first kappa shape index (κ1) is 21.8. The van der Waals surface area contributed by atoms with Gasteiger partial charge in [-0.15, -0.1) is 21.5 Å². The van der Waals surface area contributed by atoms with E-state index in [0.717, 1.165) is 31.2 Å². The van der Waals surface area contributed by atoms with E-state index in [2.05, 4.69) is 33.8 Å². The topological polar surface area (TPSA) is 69.9 Å². The van der Waals surface area contributed by atoms with E-state index >= 15 is 0 Å². The summed E-state index contributed by atoms with van der Waals surface area (Å²) >= 11 is 6.30. The Balaban J connectivity index is 1.60. The average molecular weight is 461 g/mol. The number of amides is 1. The van der Waals surface area contributed by atoms with Gasteiger partial charge in [0.2, 0.25) is 5.91 Å². The van der Waals surface area contributed by atoms with Crippen LogP contribution in [0.25, 0.3) is 0 Å². The van der Waals surface area contributed by atoms with Gasteiger partial charge in [-0.3, -0.25) is 4.79 Å². The fraction of sp³-hybridized carbons (Fsp3) is 0.300. The summed E-state index contributed by atoms with van der Waals surface area (Å²) in [7, 11) is 0. The zero-order valence-electron chi connectivity index (χ0n) is 16.1. The van der Waals surface area contributed by atoms with Crippen molar-refractivity contribution in [3.05, 3.63) is 51.7 Å². The highest BCUT2D eigenvalue weighted by Gasteiger charge is 2.18. The second-order valence-electron chi connectivity index (χ2n) is 6.29. The van der Waals surface area contributed by atoms with E-state index in [1.54, 1.807) is 28.0 Å². The molecule has 0 radical (unpaired) electrons. The van der Waals surface area contributed by atoms with Crippen LogP contribution in [0.2, 0.25) is 0 Å². The Bertz CT molecular complexity index is 974. The molecule has 2 aromatic heterocycles. The van der Waals surface area contributed by atoms with E-state index in [0.29, 0.717) is 13.0 Å². The van der Waals surface area contributed by atoms with Gasteiger partial charge < -0.3 is 4.90 Å². The fourth-order valence-electron chi connectivity index (χ4n) is 2.71. The van der Waals surface area contributed by atoms with Gasteiger partial charge in [0.05, 0.1) is 18.2 Å². The average Bonchev–Trinajstić information content (AvgIpc) is 3.36. The van der Waals surface area contributed by atoms with Crippen LogP contribution in [-0.2, 0) is 10.5 Å². The smallest absolute Gasteiger partial charge is 0.237 e. The third-order valence-electron chi connectivity index (χ3n) is 3.89. The van der Waals surface area contributed by atoms with E-state index in [1.165, 1.54) is 28.0 Å². The lowest BCUT2D eigenvalue weighted by atomic mass is 10.1. The van der Waals surface area contributed by atoms with Gasteiger partial charge in [0.15, 0.2) is 8.68 Å². The van der Waals surface area contributed by atoms with E-state index in [9.17, 15) is 4.79 Å². The number of aryl methyl sites for hydroxylation is 2. The zero-order chi connectivity index (χ0) is 20.6.